The van der Waals surface area contributed by atoms with Crippen LogP contribution in [0.1, 0.15) is 50.5 Å². The smallest absolute Gasteiger partial charge is 0.150 e. The van der Waals surface area contributed by atoms with Crippen LogP contribution in [0.2, 0.25) is 0 Å². The summed E-state index contributed by atoms with van der Waals surface area (Å²) in [5, 5.41) is 4.67. The van der Waals surface area contributed by atoms with Crippen LogP contribution < -0.4 is 5.32 Å². The Balaban J connectivity index is 1.12. The van der Waals surface area contributed by atoms with Crippen LogP contribution in [-0.2, 0) is 11.2 Å². The van der Waals surface area contributed by atoms with Gasteiger partial charge in [0.2, 0.25) is 0 Å². The van der Waals surface area contributed by atoms with Gasteiger partial charge in [0.25, 0.3) is 0 Å². The minimum absolute atomic E-state index is 0.103. The minimum Gasteiger partial charge on any atom is -0.304 e. The molecule has 1 saturated heterocycles. The van der Waals surface area contributed by atoms with Crippen LogP contribution in [0.25, 0.3) is 22.0 Å². The fourth-order valence-electron chi connectivity index (χ4n) is 6.21. The first-order valence-corrected chi connectivity index (χ1v) is 12.5. The number of halogens is 1. The van der Waals surface area contributed by atoms with E-state index in [-0.39, 0.29) is 11.4 Å². The van der Waals surface area contributed by atoms with E-state index >= 15 is 4.39 Å². The van der Waals surface area contributed by atoms with Crippen LogP contribution in [0.4, 0.5) is 4.39 Å². The lowest BCUT2D eigenvalue weighted by molar-refractivity contribution is -0.126. The SMILES string of the molecule is O=C1CNC2(CCC(Cc3ccc(-c4ccc5ncccc5c4)cc3F)CC2)CC1C1CC1. The molecule has 3 aromatic rings. The second kappa shape index (κ2) is 8.32. The Kier molecular flexibility index (Phi) is 5.29. The van der Waals surface area contributed by atoms with Crippen molar-refractivity contribution < 1.29 is 9.18 Å². The Labute approximate surface area is 194 Å². The van der Waals surface area contributed by atoms with Crippen LogP contribution in [-0.4, -0.2) is 22.9 Å². The van der Waals surface area contributed by atoms with Gasteiger partial charge in [0.15, 0.2) is 0 Å². The summed E-state index contributed by atoms with van der Waals surface area (Å²) in [7, 11) is 0. The number of piperidine rings is 1. The third-order valence-electron chi connectivity index (χ3n) is 8.41. The third-order valence-corrected chi connectivity index (χ3v) is 8.41. The Morgan fingerprint density at radius 2 is 1.79 bits per heavy atom. The maximum atomic E-state index is 15.1. The lowest BCUT2D eigenvalue weighted by Gasteiger charge is -2.46. The molecule has 6 rings (SSSR count). The van der Waals surface area contributed by atoms with Gasteiger partial charge in [-0.1, -0.05) is 24.3 Å². The van der Waals surface area contributed by atoms with Crippen molar-refractivity contribution in [2.24, 2.45) is 17.8 Å². The van der Waals surface area contributed by atoms with Crippen molar-refractivity contribution >= 4 is 16.7 Å². The normalized spacial score (nSPS) is 27.8. The maximum absolute atomic E-state index is 15.1. The number of Topliss-reactive ketones (excluding diaryl/α,β-unsaturated/α-hetero) is 1. The highest BCUT2D eigenvalue weighted by Crippen LogP contribution is 2.47. The monoisotopic (exact) mass is 442 g/mol. The van der Waals surface area contributed by atoms with Gasteiger partial charge in [0.1, 0.15) is 11.6 Å². The van der Waals surface area contributed by atoms with E-state index in [0.29, 0.717) is 30.1 Å². The standard InChI is InChI=1S/C29H31FN2O/c30-26-16-22(21-7-8-27-24(15-21)2-1-13-31-27)5-6-23(26)14-19-9-11-29(12-10-19)17-25(20-3-4-20)28(33)18-32-29/h1-2,5-8,13,15-16,19-20,25,32H,3-4,9-12,14,17-18H2. The van der Waals surface area contributed by atoms with Gasteiger partial charge in [-0.2, -0.15) is 0 Å². The van der Waals surface area contributed by atoms with Gasteiger partial charge in [0, 0.05) is 23.0 Å². The molecule has 170 valence electrons. The largest absolute Gasteiger partial charge is 0.304 e. The van der Waals surface area contributed by atoms with Crippen LogP contribution in [0, 0.1) is 23.6 Å². The molecule has 3 aliphatic rings. The molecular formula is C29H31FN2O. The van der Waals surface area contributed by atoms with Crippen LogP contribution >= 0.6 is 0 Å². The van der Waals surface area contributed by atoms with E-state index < -0.39 is 0 Å². The number of carbonyl (C=O) groups is 1. The van der Waals surface area contributed by atoms with Crippen LogP contribution in [0.5, 0.6) is 0 Å². The van der Waals surface area contributed by atoms with Gasteiger partial charge < -0.3 is 5.32 Å². The first kappa shape index (κ1) is 21.0. The summed E-state index contributed by atoms with van der Waals surface area (Å²) >= 11 is 0. The number of nitrogens with one attached hydrogen (secondary N) is 1. The van der Waals surface area contributed by atoms with Crippen molar-refractivity contribution in [2.75, 3.05) is 6.54 Å². The number of pyridine rings is 1. The highest BCUT2D eigenvalue weighted by Gasteiger charge is 2.47. The van der Waals surface area contributed by atoms with Crippen LogP contribution in [0.3, 0.4) is 0 Å². The van der Waals surface area contributed by atoms with Gasteiger partial charge in [-0.15, -0.1) is 0 Å². The first-order chi connectivity index (χ1) is 16.1. The average molecular weight is 443 g/mol. The van der Waals surface area contributed by atoms with E-state index in [2.05, 4.69) is 22.4 Å². The van der Waals surface area contributed by atoms with E-state index in [9.17, 15) is 4.79 Å². The molecule has 1 aromatic heterocycles. The number of nitrogens with zero attached hydrogens (tertiary/aromatic N) is 1. The number of rotatable bonds is 4. The second-order valence-electron chi connectivity index (χ2n) is 10.6. The molecule has 2 saturated carbocycles. The maximum Gasteiger partial charge on any atom is 0.150 e. The number of benzene rings is 2. The molecule has 3 fully saturated rings. The second-order valence-corrected chi connectivity index (χ2v) is 10.6. The summed E-state index contributed by atoms with van der Waals surface area (Å²) in [4.78, 5) is 16.7. The van der Waals surface area contributed by atoms with E-state index in [1.807, 2.05) is 30.3 Å². The Hall–Kier alpha value is -2.59. The van der Waals surface area contributed by atoms with Crippen molar-refractivity contribution in [1.82, 2.24) is 10.3 Å². The van der Waals surface area contributed by atoms with Crippen molar-refractivity contribution in [2.45, 2.75) is 56.9 Å². The van der Waals surface area contributed by atoms with Crippen molar-refractivity contribution in [3.8, 4) is 11.1 Å². The zero-order valence-electron chi connectivity index (χ0n) is 19.0. The Morgan fingerprint density at radius 1 is 1.00 bits per heavy atom. The van der Waals surface area contributed by atoms with Crippen molar-refractivity contribution in [1.29, 1.82) is 0 Å². The summed E-state index contributed by atoms with van der Waals surface area (Å²) in [6.45, 7) is 0.548. The molecule has 2 heterocycles. The lowest BCUT2D eigenvalue weighted by atomic mass is 9.68. The fourth-order valence-corrected chi connectivity index (χ4v) is 6.21. The topological polar surface area (TPSA) is 42.0 Å². The summed E-state index contributed by atoms with van der Waals surface area (Å²) in [5.74, 6) is 1.78. The molecule has 0 amide bonds. The van der Waals surface area contributed by atoms with E-state index in [0.717, 1.165) is 66.1 Å². The van der Waals surface area contributed by atoms with Gasteiger partial charge in [-0.3, -0.25) is 9.78 Å². The number of hydrogen-bond acceptors (Lipinski definition) is 3. The Bertz CT molecular complexity index is 1190. The van der Waals surface area contributed by atoms with Gasteiger partial charge in [0.05, 0.1) is 12.1 Å². The predicted molar refractivity (Wildman–Crippen MR) is 129 cm³/mol. The van der Waals surface area contributed by atoms with Gasteiger partial charge >= 0.3 is 0 Å². The highest BCUT2D eigenvalue weighted by atomic mass is 19.1. The number of hydrogen-bond donors (Lipinski definition) is 1. The summed E-state index contributed by atoms with van der Waals surface area (Å²) in [6.07, 6.45) is 10.5. The molecule has 0 radical (unpaired) electrons. The Morgan fingerprint density at radius 3 is 2.58 bits per heavy atom. The van der Waals surface area contributed by atoms with E-state index in [1.54, 1.807) is 12.3 Å². The molecule has 3 nitrogen and oxygen atoms in total. The number of ketones is 1. The summed E-state index contributed by atoms with van der Waals surface area (Å²) in [5.41, 5.74) is 3.85. The summed E-state index contributed by atoms with van der Waals surface area (Å²) < 4.78 is 15.1. The highest BCUT2D eigenvalue weighted by molar-refractivity contribution is 5.85. The third kappa shape index (κ3) is 4.21. The fraction of sp³-hybridized carbons (Fsp3) is 0.448. The molecule has 1 atom stereocenters. The molecule has 1 spiro atoms. The predicted octanol–water partition coefficient (Wildman–Crippen LogP) is 6.10. The van der Waals surface area contributed by atoms with Gasteiger partial charge in [-0.05, 0) is 104 Å². The quantitative estimate of drug-likeness (QED) is 0.531. The van der Waals surface area contributed by atoms with Crippen LogP contribution in [0.15, 0.2) is 54.7 Å². The number of fused-ring (bicyclic) bond motifs is 1. The summed E-state index contributed by atoms with van der Waals surface area (Å²) in [6, 6.07) is 15.8. The molecule has 33 heavy (non-hydrogen) atoms. The first-order valence-electron chi connectivity index (χ1n) is 12.5. The van der Waals surface area contributed by atoms with Crippen molar-refractivity contribution in [3.63, 3.8) is 0 Å². The molecule has 4 heteroatoms. The molecule has 2 aromatic carbocycles. The molecule has 1 N–H and O–H groups in total. The molecule has 0 bridgehead atoms. The lowest BCUT2D eigenvalue weighted by Crippen LogP contribution is -2.56. The zero-order chi connectivity index (χ0) is 22.4. The average Bonchev–Trinajstić information content (AvgIpc) is 3.69. The molecule has 1 aliphatic heterocycles. The van der Waals surface area contributed by atoms with E-state index in [1.165, 1.54) is 12.8 Å². The minimum atomic E-state index is -0.103. The van der Waals surface area contributed by atoms with E-state index in [4.69, 9.17) is 0 Å². The molecule has 1 unspecified atom stereocenters. The number of carbonyl (C=O) groups excluding carboxylic acids is 1. The van der Waals surface area contributed by atoms with Crippen molar-refractivity contribution in [3.05, 3.63) is 66.1 Å². The number of aromatic nitrogens is 1. The zero-order valence-corrected chi connectivity index (χ0v) is 19.0. The molecular weight excluding hydrogens is 411 g/mol. The van der Waals surface area contributed by atoms with Gasteiger partial charge in [-0.25, -0.2) is 4.39 Å². The molecule has 2 aliphatic carbocycles.